The van der Waals surface area contributed by atoms with E-state index >= 15 is 0 Å². The van der Waals surface area contributed by atoms with Gasteiger partial charge in [0.05, 0.1) is 26.4 Å². The maximum atomic E-state index is 12.2. The molecule has 112 valence electrons. The minimum absolute atomic E-state index is 0.279. The summed E-state index contributed by atoms with van der Waals surface area (Å²) < 4.78 is 0.712. The first-order chi connectivity index (χ1) is 10.4. The smallest absolute Gasteiger partial charge is 0.275 e. The van der Waals surface area contributed by atoms with Gasteiger partial charge in [0.25, 0.3) is 5.91 Å². The molecule has 3 nitrogen and oxygen atoms in total. The fraction of sp³-hybridized carbons (Fsp3) is 0.0667. The Labute approximate surface area is 150 Å². The van der Waals surface area contributed by atoms with Gasteiger partial charge in [-0.1, -0.05) is 34.8 Å². The van der Waals surface area contributed by atoms with Crippen LogP contribution < -0.4 is 5.32 Å². The summed E-state index contributed by atoms with van der Waals surface area (Å²) in [5, 5.41) is 4.18. The molecule has 7 heteroatoms. The van der Waals surface area contributed by atoms with Crippen molar-refractivity contribution < 1.29 is 4.79 Å². The summed E-state index contributed by atoms with van der Waals surface area (Å²) in [5.74, 6) is -0.279. The van der Waals surface area contributed by atoms with Crippen LogP contribution in [0.25, 0.3) is 0 Å². The van der Waals surface area contributed by atoms with Gasteiger partial charge < -0.3 is 5.32 Å². The maximum Gasteiger partial charge on any atom is 0.275 e. The van der Waals surface area contributed by atoms with Crippen LogP contribution in [0.1, 0.15) is 11.1 Å². The average Bonchev–Trinajstić information content (AvgIpc) is 2.78. The quantitative estimate of drug-likeness (QED) is 0.626. The zero-order valence-electron chi connectivity index (χ0n) is 11.2. The average molecular weight is 419 g/mol. The summed E-state index contributed by atoms with van der Waals surface area (Å²) in [6, 6.07) is 6.73. The second-order valence-corrected chi connectivity index (χ2v) is 6.78. The van der Waals surface area contributed by atoms with Crippen LogP contribution in [-0.4, -0.2) is 11.6 Å². The molecule has 1 heterocycles. The molecule has 1 aliphatic heterocycles. The molecule has 0 bridgehead atoms. The van der Waals surface area contributed by atoms with Gasteiger partial charge in [-0.05, 0) is 52.7 Å². The molecule has 22 heavy (non-hydrogen) atoms. The van der Waals surface area contributed by atoms with Crippen LogP contribution >= 0.6 is 50.7 Å². The van der Waals surface area contributed by atoms with Gasteiger partial charge in [-0.25, -0.2) is 4.99 Å². The fourth-order valence-electron chi connectivity index (χ4n) is 2.19. The molecule has 3 rings (SSSR count). The molecule has 0 atom stereocenters. The Balaban J connectivity index is 2.16. The van der Waals surface area contributed by atoms with Crippen LogP contribution in [0.2, 0.25) is 15.1 Å². The van der Waals surface area contributed by atoms with E-state index < -0.39 is 0 Å². The van der Waals surface area contributed by atoms with Crippen molar-refractivity contribution >= 4 is 73.7 Å². The maximum absolute atomic E-state index is 12.2. The Kier molecular flexibility index (Phi) is 4.21. The summed E-state index contributed by atoms with van der Waals surface area (Å²) in [7, 11) is 0. The number of benzene rings is 2. The Hall–Kier alpha value is -1.07. The molecule has 1 amide bonds. The van der Waals surface area contributed by atoms with Gasteiger partial charge in [-0.2, -0.15) is 0 Å². The van der Waals surface area contributed by atoms with Crippen LogP contribution in [0, 0.1) is 6.92 Å². The number of hydrogen-bond donors (Lipinski definition) is 1. The third kappa shape index (κ3) is 2.65. The van der Waals surface area contributed by atoms with Crippen molar-refractivity contribution in [2.45, 2.75) is 6.92 Å². The molecule has 0 saturated heterocycles. The molecule has 2 aromatic carbocycles. The van der Waals surface area contributed by atoms with Crippen molar-refractivity contribution in [2.24, 2.45) is 4.99 Å². The monoisotopic (exact) mass is 416 g/mol. The van der Waals surface area contributed by atoms with Crippen molar-refractivity contribution in [2.75, 3.05) is 5.32 Å². The first-order valence-corrected chi connectivity index (χ1v) is 8.15. The molecule has 0 aliphatic carbocycles. The largest absolute Gasteiger partial charge is 0.320 e. The fourth-order valence-corrected chi connectivity index (χ4v) is 3.16. The predicted molar refractivity (Wildman–Crippen MR) is 95.2 cm³/mol. The Morgan fingerprint density at radius 2 is 1.86 bits per heavy atom. The van der Waals surface area contributed by atoms with Crippen LogP contribution in [-0.2, 0) is 4.79 Å². The van der Waals surface area contributed by atoms with Crippen LogP contribution in [0.15, 0.2) is 33.7 Å². The normalized spacial score (nSPS) is 15.1. The molecule has 0 fully saturated rings. The zero-order valence-corrected chi connectivity index (χ0v) is 15.0. The number of carbonyl (C=O) groups excluding carboxylic acids is 1. The van der Waals surface area contributed by atoms with E-state index in [1.807, 2.05) is 6.92 Å². The van der Waals surface area contributed by atoms with Gasteiger partial charge >= 0.3 is 0 Å². The number of aliphatic imine (C=N–C) groups is 1. The third-order valence-electron chi connectivity index (χ3n) is 3.31. The highest BCUT2D eigenvalue weighted by Crippen LogP contribution is 2.38. The van der Waals surface area contributed by atoms with Gasteiger partial charge in [-0.3, -0.25) is 4.79 Å². The van der Waals surface area contributed by atoms with E-state index in [-0.39, 0.29) is 5.91 Å². The van der Waals surface area contributed by atoms with Gasteiger partial charge in [0.1, 0.15) is 5.71 Å². The number of hydrogen-bond acceptors (Lipinski definition) is 2. The topological polar surface area (TPSA) is 41.5 Å². The Bertz CT molecular complexity index is 849. The number of rotatable bonds is 1. The summed E-state index contributed by atoms with van der Waals surface area (Å²) in [6.07, 6.45) is 0. The number of fused-ring (bicyclic) bond motifs is 1. The lowest BCUT2D eigenvalue weighted by atomic mass is 10.1. The second kappa shape index (κ2) is 5.85. The molecule has 0 spiro atoms. The summed E-state index contributed by atoms with van der Waals surface area (Å²) in [6.45, 7) is 1.84. The van der Waals surface area contributed by atoms with E-state index in [9.17, 15) is 4.79 Å². The molecule has 0 radical (unpaired) electrons. The van der Waals surface area contributed by atoms with E-state index in [4.69, 9.17) is 34.8 Å². The summed E-state index contributed by atoms with van der Waals surface area (Å²) in [4.78, 5) is 16.6. The molecular weight excluding hydrogens is 410 g/mol. The minimum Gasteiger partial charge on any atom is -0.320 e. The molecule has 1 aliphatic rings. The SMILES string of the molecule is Cc1c(Cl)c(Br)cc2c1NC(=O)C2=Nc1ccc(Cl)c(Cl)c1. The lowest BCUT2D eigenvalue weighted by Gasteiger charge is -2.07. The number of nitrogens with zero attached hydrogens (tertiary/aromatic N) is 1. The van der Waals surface area contributed by atoms with Gasteiger partial charge in [0.15, 0.2) is 0 Å². The van der Waals surface area contributed by atoms with E-state index in [1.165, 1.54) is 0 Å². The number of nitrogens with one attached hydrogen (secondary N) is 1. The summed E-state index contributed by atoms with van der Waals surface area (Å²) >= 11 is 21.4. The lowest BCUT2D eigenvalue weighted by molar-refractivity contribution is -0.110. The highest BCUT2D eigenvalue weighted by molar-refractivity contribution is 9.10. The van der Waals surface area contributed by atoms with Crippen molar-refractivity contribution in [3.05, 3.63) is 54.9 Å². The van der Waals surface area contributed by atoms with Crippen molar-refractivity contribution in [1.29, 1.82) is 0 Å². The van der Waals surface area contributed by atoms with E-state index in [0.29, 0.717) is 42.2 Å². The molecule has 1 N–H and O–H groups in total. The standard InChI is InChI=1S/C15H8BrCl3N2O/c1-6-12(19)9(16)5-8-13(6)21-15(22)14(8)20-7-2-3-10(17)11(18)4-7/h2-5H,1H3,(H,20,21,22). The van der Waals surface area contributed by atoms with Gasteiger partial charge in [0.2, 0.25) is 0 Å². The van der Waals surface area contributed by atoms with Crippen molar-refractivity contribution in [3.8, 4) is 0 Å². The predicted octanol–water partition coefficient (Wildman–Crippen LogP) is 5.79. The highest BCUT2D eigenvalue weighted by Gasteiger charge is 2.29. The third-order valence-corrected chi connectivity index (χ3v) is 5.39. The first kappa shape index (κ1) is 15.8. The lowest BCUT2D eigenvalue weighted by Crippen LogP contribution is -2.14. The first-order valence-electron chi connectivity index (χ1n) is 6.22. The summed E-state index contributed by atoms with van der Waals surface area (Å²) in [5.41, 5.74) is 3.03. The van der Waals surface area contributed by atoms with Gasteiger partial charge in [-0.15, -0.1) is 0 Å². The minimum atomic E-state index is -0.279. The van der Waals surface area contributed by atoms with Crippen LogP contribution in [0.5, 0.6) is 0 Å². The number of halogens is 4. The molecule has 0 saturated carbocycles. The molecule has 2 aromatic rings. The van der Waals surface area contributed by atoms with E-state index in [2.05, 4.69) is 26.2 Å². The molecule has 0 unspecified atom stereocenters. The van der Waals surface area contributed by atoms with Crippen molar-refractivity contribution in [3.63, 3.8) is 0 Å². The Morgan fingerprint density at radius 3 is 2.55 bits per heavy atom. The zero-order chi connectivity index (χ0) is 16.0. The van der Waals surface area contributed by atoms with Crippen LogP contribution in [0.3, 0.4) is 0 Å². The second-order valence-electron chi connectivity index (χ2n) is 4.73. The Morgan fingerprint density at radius 1 is 1.14 bits per heavy atom. The van der Waals surface area contributed by atoms with E-state index in [0.717, 1.165) is 5.56 Å². The molecule has 0 aromatic heterocycles. The number of amides is 1. The number of carbonyl (C=O) groups is 1. The highest BCUT2D eigenvalue weighted by atomic mass is 79.9. The van der Waals surface area contributed by atoms with E-state index in [1.54, 1.807) is 24.3 Å². The number of anilines is 1. The van der Waals surface area contributed by atoms with Crippen molar-refractivity contribution in [1.82, 2.24) is 0 Å². The van der Waals surface area contributed by atoms with Crippen LogP contribution in [0.4, 0.5) is 11.4 Å². The molecular formula is C15H8BrCl3N2O. The van der Waals surface area contributed by atoms with Gasteiger partial charge in [0, 0.05) is 10.0 Å².